The van der Waals surface area contributed by atoms with Gasteiger partial charge in [0.1, 0.15) is 0 Å². The van der Waals surface area contributed by atoms with Gasteiger partial charge in [-0.1, -0.05) is 56.3 Å². The Morgan fingerprint density at radius 3 is 1.68 bits per heavy atom. The molecule has 2 heterocycles. The quantitative estimate of drug-likeness (QED) is 0.346. The highest BCUT2D eigenvalue weighted by atomic mass is 32.1. The lowest BCUT2D eigenvalue weighted by molar-refractivity contribution is 0.868. The van der Waals surface area contributed by atoms with Crippen LogP contribution in [0.4, 0.5) is 0 Å². The summed E-state index contributed by atoms with van der Waals surface area (Å²) < 4.78 is 0. The van der Waals surface area contributed by atoms with Crippen molar-refractivity contribution >= 4 is 22.7 Å². The maximum Gasteiger partial charge on any atom is 0.0349 e. The summed E-state index contributed by atoms with van der Waals surface area (Å²) >= 11 is 3.63. The number of hydrogen-bond donors (Lipinski definition) is 0. The first-order chi connectivity index (χ1) is 12.2. The van der Waals surface area contributed by atoms with Crippen molar-refractivity contribution in [1.82, 2.24) is 0 Å². The third-order valence-corrected chi connectivity index (χ3v) is 6.27. The summed E-state index contributed by atoms with van der Waals surface area (Å²) in [7, 11) is 0. The summed E-state index contributed by atoms with van der Waals surface area (Å²) in [5.74, 6) is 0.502. The molecule has 25 heavy (non-hydrogen) atoms. The van der Waals surface area contributed by atoms with Crippen LogP contribution in [0.15, 0.2) is 77.5 Å². The number of thiophene rings is 2. The molecular weight excluding hydrogens is 340 g/mol. The Morgan fingerprint density at radius 1 is 0.680 bits per heavy atom. The van der Waals surface area contributed by atoms with Gasteiger partial charge in [0.25, 0.3) is 0 Å². The van der Waals surface area contributed by atoms with Gasteiger partial charge in [0.2, 0.25) is 0 Å². The van der Waals surface area contributed by atoms with E-state index in [-0.39, 0.29) is 0 Å². The van der Waals surface area contributed by atoms with Crippen LogP contribution in [0.1, 0.15) is 25.3 Å². The molecule has 0 aliphatic rings. The van der Waals surface area contributed by atoms with Gasteiger partial charge in [0, 0.05) is 20.9 Å². The van der Waals surface area contributed by atoms with Crippen LogP contribution in [0.2, 0.25) is 0 Å². The minimum absolute atomic E-state index is 0.502. The molecule has 0 nitrogen and oxygen atoms in total. The van der Waals surface area contributed by atoms with E-state index in [4.69, 9.17) is 0 Å². The molecule has 0 radical (unpaired) electrons. The molecular formula is C23H20S2. The van der Waals surface area contributed by atoms with Crippen LogP contribution < -0.4 is 0 Å². The highest BCUT2D eigenvalue weighted by molar-refractivity contribution is 7.14. The molecule has 0 N–H and O–H groups in total. The Morgan fingerprint density at radius 2 is 1.24 bits per heavy atom. The number of benzene rings is 2. The van der Waals surface area contributed by atoms with E-state index < -0.39 is 0 Å². The van der Waals surface area contributed by atoms with Crippen LogP contribution in [0.25, 0.3) is 32.0 Å². The van der Waals surface area contributed by atoms with E-state index in [0.717, 1.165) is 0 Å². The van der Waals surface area contributed by atoms with Gasteiger partial charge >= 0.3 is 0 Å². The molecule has 0 fully saturated rings. The zero-order valence-corrected chi connectivity index (χ0v) is 16.0. The monoisotopic (exact) mass is 360 g/mol. The Bertz CT molecular complexity index is 892. The smallest absolute Gasteiger partial charge is 0.0349 e. The Labute approximate surface area is 157 Å². The minimum Gasteiger partial charge on any atom is -0.144 e. The van der Waals surface area contributed by atoms with Gasteiger partial charge in [-0.05, 0) is 57.6 Å². The van der Waals surface area contributed by atoms with Crippen molar-refractivity contribution in [3.05, 3.63) is 83.1 Å². The SMILES string of the molecule is CC(C)c1cc(-c2cccs2)c(-c2ccccc2)c(-c2cccs2)c1. The highest BCUT2D eigenvalue weighted by Crippen LogP contribution is 2.44. The first-order valence-electron chi connectivity index (χ1n) is 8.55. The fourth-order valence-corrected chi connectivity index (χ4v) is 4.66. The molecule has 124 valence electrons. The molecule has 0 saturated heterocycles. The van der Waals surface area contributed by atoms with E-state index in [1.54, 1.807) is 0 Å². The first-order valence-corrected chi connectivity index (χ1v) is 10.3. The summed E-state index contributed by atoms with van der Waals surface area (Å²) in [6.07, 6.45) is 0. The average Bonchev–Trinajstić information content (AvgIpc) is 3.35. The van der Waals surface area contributed by atoms with Crippen molar-refractivity contribution in [2.45, 2.75) is 19.8 Å². The molecule has 2 heteroatoms. The second-order valence-electron chi connectivity index (χ2n) is 6.47. The summed E-state index contributed by atoms with van der Waals surface area (Å²) in [6, 6.07) is 24.3. The molecule has 0 aliphatic carbocycles. The fraction of sp³-hybridized carbons (Fsp3) is 0.130. The number of rotatable bonds is 4. The summed E-state index contributed by atoms with van der Waals surface area (Å²) in [5, 5.41) is 4.33. The number of hydrogen-bond acceptors (Lipinski definition) is 2. The van der Waals surface area contributed by atoms with Gasteiger partial charge in [-0.2, -0.15) is 0 Å². The molecule has 0 aliphatic heterocycles. The average molecular weight is 361 g/mol. The maximum absolute atomic E-state index is 2.38. The largest absolute Gasteiger partial charge is 0.144 e. The van der Waals surface area contributed by atoms with Crippen LogP contribution >= 0.6 is 22.7 Å². The maximum atomic E-state index is 2.38. The lowest BCUT2D eigenvalue weighted by Gasteiger charge is -2.18. The second-order valence-corrected chi connectivity index (χ2v) is 8.36. The van der Waals surface area contributed by atoms with Gasteiger partial charge in [-0.15, -0.1) is 22.7 Å². The topological polar surface area (TPSA) is 0 Å². The molecule has 2 aromatic heterocycles. The third-order valence-electron chi connectivity index (χ3n) is 4.46. The second kappa shape index (κ2) is 6.99. The van der Waals surface area contributed by atoms with Gasteiger partial charge in [0.05, 0.1) is 0 Å². The van der Waals surface area contributed by atoms with Crippen LogP contribution in [-0.2, 0) is 0 Å². The van der Waals surface area contributed by atoms with E-state index in [1.807, 2.05) is 22.7 Å². The Kier molecular flexibility index (Phi) is 4.56. The van der Waals surface area contributed by atoms with Crippen LogP contribution in [-0.4, -0.2) is 0 Å². The van der Waals surface area contributed by atoms with Gasteiger partial charge in [-0.25, -0.2) is 0 Å². The van der Waals surface area contributed by atoms with Gasteiger partial charge in [-0.3, -0.25) is 0 Å². The lowest BCUT2D eigenvalue weighted by Crippen LogP contribution is -1.94. The van der Waals surface area contributed by atoms with Crippen molar-refractivity contribution in [2.75, 3.05) is 0 Å². The van der Waals surface area contributed by atoms with E-state index in [2.05, 4.69) is 91.3 Å². The van der Waals surface area contributed by atoms with Crippen molar-refractivity contribution in [1.29, 1.82) is 0 Å². The molecule has 0 atom stereocenters. The van der Waals surface area contributed by atoms with E-state index in [1.165, 1.54) is 37.6 Å². The molecule has 0 amide bonds. The summed E-state index contributed by atoms with van der Waals surface area (Å²) in [5.41, 5.74) is 6.71. The Hall–Kier alpha value is -2.16. The van der Waals surface area contributed by atoms with Crippen LogP contribution in [0.3, 0.4) is 0 Å². The molecule has 0 spiro atoms. The summed E-state index contributed by atoms with van der Waals surface area (Å²) in [6.45, 7) is 4.54. The van der Waals surface area contributed by atoms with Crippen molar-refractivity contribution in [3.8, 4) is 32.0 Å². The predicted molar refractivity (Wildman–Crippen MR) is 113 cm³/mol. The molecule has 0 unspecified atom stereocenters. The third kappa shape index (κ3) is 3.20. The predicted octanol–water partition coefficient (Wildman–Crippen LogP) is 7.93. The molecule has 4 rings (SSSR count). The normalized spacial score (nSPS) is 11.2. The van der Waals surface area contributed by atoms with Crippen molar-refractivity contribution in [3.63, 3.8) is 0 Å². The lowest BCUT2D eigenvalue weighted by atomic mass is 9.88. The van der Waals surface area contributed by atoms with Crippen LogP contribution in [0, 0.1) is 0 Å². The molecule has 0 bridgehead atoms. The fourth-order valence-electron chi connectivity index (χ4n) is 3.17. The van der Waals surface area contributed by atoms with E-state index in [9.17, 15) is 0 Å². The first kappa shape index (κ1) is 16.3. The van der Waals surface area contributed by atoms with Crippen LogP contribution in [0.5, 0.6) is 0 Å². The van der Waals surface area contributed by atoms with Gasteiger partial charge < -0.3 is 0 Å². The van der Waals surface area contributed by atoms with E-state index in [0.29, 0.717) is 5.92 Å². The highest BCUT2D eigenvalue weighted by Gasteiger charge is 2.18. The van der Waals surface area contributed by atoms with Crippen molar-refractivity contribution in [2.24, 2.45) is 0 Å². The standard InChI is InChI=1S/C23H20S2/c1-16(2)18-14-19(21-10-6-12-24-21)23(17-8-4-3-5-9-17)20(15-18)22-11-7-13-25-22/h3-16H,1-2H3. The van der Waals surface area contributed by atoms with E-state index >= 15 is 0 Å². The zero-order valence-electron chi connectivity index (χ0n) is 14.4. The molecule has 0 saturated carbocycles. The Balaban J connectivity index is 2.08. The zero-order chi connectivity index (χ0) is 17.2. The van der Waals surface area contributed by atoms with Crippen molar-refractivity contribution < 1.29 is 0 Å². The van der Waals surface area contributed by atoms with Gasteiger partial charge in [0.15, 0.2) is 0 Å². The minimum atomic E-state index is 0.502. The molecule has 2 aromatic carbocycles. The molecule has 4 aromatic rings. The summed E-state index contributed by atoms with van der Waals surface area (Å²) in [4.78, 5) is 2.67.